The second-order valence-electron chi connectivity index (χ2n) is 5.21. The fraction of sp³-hybridized carbons (Fsp3) is 0.111. The molecule has 3 aromatic rings. The van der Waals surface area contributed by atoms with Gasteiger partial charge in [0.1, 0.15) is 0 Å². The summed E-state index contributed by atoms with van der Waals surface area (Å²) in [6.45, 7) is 0. The van der Waals surface area contributed by atoms with Crippen molar-refractivity contribution >= 4 is 58.6 Å². The van der Waals surface area contributed by atoms with Gasteiger partial charge in [0.2, 0.25) is 0 Å². The Bertz CT molecular complexity index is 918. The number of benzene rings is 2. The molecule has 1 N–H and O–H groups in total. The monoisotopic (exact) mass is 434 g/mol. The molecule has 0 aliphatic heterocycles. The van der Waals surface area contributed by atoms with Gasteiger partial charge in [-0.25, -0.2) is 5.43 Å². The molecule has 0 fully saturated rings. The smallest absolute Gasteiger partial charge is 0.250 e. The van der Waals surface area contributed by atoms with Crippen LogP contribution >= 0.6 is 46.5 Å². The van der Waals surface area contributed by atoms with Crippen molar-refractivity contribution in [3.63, 3.8) is 0 Å². The van der Waals surface area contributed by atoms with Crippen molar-refractivity contribution in [2.24, 2.45) is 5.10 Å². The molecule has 0 radical (unpaired) electrons. The molecule has 0 aliphatic carbocycles. The van der Waals surface area contributed by atoms with E-state index in [4.69, 9.17) is 11.6 Å². The lowest BCUT2D eigenvalue weighted by Gasteiger charge is -1.98. The molecule has 1 aromatic heterocycles. The number of aromatic nitrogens is 2. The van der Waals surface area contributed by atoms with Crippen LogP contribution < -0.4 is 5.43 Å². The molecule has 0 atom stereocenters. The van der Waals surface area contributed by atoms with Crippen LogP contribution in [0.1, 0.15) is 11.1 Å². The Morgan fingerprint density at radius 1 is 1.07 bits per heavy atom. The minimum Gasteiger partial charge on any atom is -0.272 e. The van der Waals surface area contributed by atoms with Gasteiger partial charge in [0.05, 0.1) is 12.0 Å². The highest BCUT2D eigenvalue weighted by atomic mass is 35.5. The first kappa shape index (κ1) is 19.9. The van der Waals surface area contributed by atoms with Crippen LogP contribution in [0.2, 0.25) is 5.02 Å². The van der Waals surface area contributed by atoms with Gasteiger partial charge in [0, 0.05) is 16.3 Å². The Labute approximate surface area is 174 Å². The number of hydrogen-bond acceptors (Lipinski definition) is 7. The van der Waals surface area contributed by atoms with Crippen molar-refractivity contribution in [1.29, 1.82) is 0 Å². The predicted octanol–water partition coefficient (Wildman–Crippen LogP) is 4.73. The number of thioether (sulfide) groups is 2. The third kappa shape index (κ3) is 6.66. The van der Waals surface area contributed by atoms with Crippen LogP contribution in [0.5, 0.6) is 0 Å². The summed E-state index contributed by atoms with van der Waals surface area (Å²) in [4.78, 5) is 11.9. The first-order valence-electron chi connectivity index (χ1n) is 7.90. The van der Waals surface area contributed by atoms with Gasteiger partial charge in [0.15, 0.2) is 8.68 Å². The van der Waals surface area contributed by atoms with Gasteiger partial charge in [-0.1, -0.05) is 95.0 Å². The highest BCUT2D eigenvalue weighted by Gasteiger charge is 2.08. The zero-order valence-electron chi connectivity index (χ0n) is 14.0. The van der Waals surface area contributed by atoms with Crippen LogP contribution in [-0.2, 0) is 10.5 Å². The topological polar surface area (TPSA) is 67.2 Å². The second kappa shape index (κ2) is 10.5. The quantitative estimate of drug-likeness (QED) is 0.315. The molecule has 138 valence electrons. The minimum absolute atomic E-state index is 0.211. The molecule has 27 heavy (non-hydrogen) atoms. The summed E-state index contributed by atoms with van der Waals surface area (Å²) in [6, 6.07) is 17.5. The molecule has 0 bridgehead atoms. The van der Waals surface area contributed by atoms with E-state index in [2.05, 4.69) is 32.9 Å². The molecule has 5 nitrogen and oxygen atoms in total. The zero-order valence-corrected chi connectivity index (χ0v) is 17.2. The molecular formula is C18H15ClN4OS3. The van der Waals surface area contributed by atoms with E-state index in [0.717, 1.165) is 20.0 Å². The van der Waals surface area contributed by atoms with Crippen LogP contribution in [0.4, 0.5) is 0 Å². The summed E-state index contributed by atoms with van der Waals surface area (Å²) < 4.78 is 1.65. The number of carbonyl (C=O) groups is 1. The SMILES string of the molecule is O=C(CSc1nnc(SCc2ccccc2)s1)NN=Cc1ccccc1Cl. The van der Waals surface area contributed by atoms with Crippen LogP contribution in [-0.4, -0.2) is 28.1 Å². The standard InChI is InChI=1S/C18H15ClN4OS3/c19-15-9-5-4-8-14(15)10-20-21-16(24)12-26-18-23-22-17(27-18)25-11-13-6-2-1-3-7-13/h1-10H,11-12H2,(H,21,24). The molecule has 0 saturated heterocycles. The van der Waals surface area contributed by atoms with Crippen molar-refractivity contribution in [2.45, 2.75) is 14.4 Å². The van der Waals surface area contributed by atoms with Gasteiger partial charge >= 0.3 is 0 Å². The van der Waals surface area contributed by atoms with Crippen molar-refractivity contribution in [3.05, 3.63) is 70.7 Å². The fourth-order valence-electron chi connectivity index (χ4n) is 1.95. The Balaban J connectivity index is 1.41. The number of nitrogens with one attached hydrogen (secondary N) is 1. The van der Waals surface area contributed by atoms with Gasteiger partial charge in [-0.3, -0.25) is 4.79 Å². The molecule has 3 rings (SSSR count). The minimum atomic E-state index is -0.211. The number of amides is 1. The summed E-state index contributed by atoms with van der Waals surface area (Å²) in [5.41, 5.74) is 4.47. The van der Waals surface area contributed by atoms with E-state index in [9.17, 15) is 4.79 Å². The maximum absolute atomic E-state index is 11.9. The zero-order chi connectivity index (χ0) is 18.9. The van der Waals surface area contributed by atoms with E-state index in [1.54, 1.807) is 17.8 Å². The molecule has 0 spiro atoms. The third-order valence-electron chi connectivity index (χ3n) is 3.22. The Hall–Kier alpha value is -1.87. The Morgan fingerprint density at radius 2 is 1.78 bits per heavy atom. The van der Waals surface area contributed by atoms with E-state index in [-0.39, 0.29) is 11.7 Å². The summed E-state index contributed by atoms with van der Waals surface area (Å²) in [7, 11) is 0. The second-order valence-corrected chi connectivity index (χ2v) is 9.04. The molecular weight excluding hydrogens is 420 g/mol. The number of hydrogen-bond donors (Lipinski definition) is 1. The summed E-state index contributed by atoms with van der Waals surface area (Å²) >= 11 is 10.5. The van der Waals surface area contributed by atoms with Gasteiger partial charge in [-0.15, -0.1) is 10.2 Å². The first-order valence-corrected chi connectivity index (χ1v) is 11.1. The fourth-order valence-corrected chi connectivity index (χ4v) is 4.90. The molecule has 1 heterocycles. The Kier molecular flexibility index (Phi) is 7.70. The van der Waals surface area contributed by atoms with Crippen LogP contribution in [0.3, 0.4) is 0 Å². The molecule has 1 amide bonds. The Morgan fingerprint density at radius 3 is 2.56 bits per heavy atom. The van der Waals surface area contributed by atoms with Crippen LogP contribution in [0.25, 0.3) is 0 Å². The summed E-state index contributed by atoms with van der Waals surface area (Å²) in [5.74, 6) is 0.854. The largest absolute Gasteiger partial charge is 0.272 e. The van der Waals surface area contributed by atoms with E-state index in [1.807, 2.05) is 36.4 Å². The van der Waals surface area contributed by atoms with E-state index in [0.29, 0.717) is 5.02 Å². The van der Waals surface area contributed by atoms with Gasteiger partial charge < -0.3 is 0 Å². The average Bonchev–Trinajstić information content (AvgIpc) is 3.15. The summed E-state index contributed by atoms with van der Waals surface area (Å²) in [6.07, 6.45) is 1.52. The van der Waals surface area contributed by atoms with Crippen molar-refractivity contribution in [2.75, 3.05) is 5.75 Å². The molecule has 0 aliphatic rings. The van der Waals surface area contributed by atoms with E-state index in [1.165, 1.54) is 34.9 Å². The number of nitrogens with zero attached hydrogens (tertiary/aromatic N) is 3. The normalized spacial score (nSPS) is 11.0. The van der Waals surface area contributed by atoms with Gasteiger partial charge in [-0.05, 0) is 11.6 Å². The molecule has 0 saturated carbocycles. The molecule has 2 aromatic carbocycles. The van der Waals surface area contributed by atoms with Crippen molar-refractivity contribution in [1.82, 2.24) is 15.6 Å². The molecule has 9 heteroatoms. The van der Waals surface area contributed by atoms with E-state index < -0.39 is 0 Å². The number of rotatable bonds is 8. The maximum atomic E-state index is 11.9. The lowest BCUT2D eigenvalue weighted by molar-refractivity contribution is -0.118. The number of carbonyl (C=O) groups excluding carboxylic acids is 1. The highest BCUT2D eigenvalue weighted by molar-refractivity contribution is 8.03. The first-order chi connectivity index (χ1) is 13.2. The lowest BCUT2D eigenvalue weighted by atomic mass is 10.2. The molecule has 0 unspecified atom stereocenters. The van der Waals surface area contributed by atoms with Gasteiger partial charge in [-0.2, -0.15) is 5.10 Å². The van der Waals surface area contributed by atoms with Gasteiger partial charge in [0.25, 0.3) is 5.91 Å². The lowest BCUT2D eigenvalue weighted by Crippen LogP contribution is -2.19. The van der Waals surface area contributed by atoms with Crippen LogP contribution in [0.15, 0.2) is 68.4 Å². The summed E-state index contributed by atoms with van der Waals surface area (Å²) in [5, 5.41) is 12.8. The van der Waals surface area contributed by atoms with Crippen molar-refractivity contribution in [3.8, 4) is 0 Å². The highest BCUT2D eigenvalue weighted by Crippen LogP contribution is 2.30. The number of hydrazone groups is 1. The maximum Gasteiger partial charge on any atom is 0.250 e. The number of halogens is 1. The third-order valence-corrected chi connectivity index (χ3v) is 6.82. The van der Waals surface area contributed by atoms with Crippen LogP contribution in [0, 0.1) is 0 Å². The average molecular weight is 435 g/mol. The van der Waals surface area contributed by atoms with E-state index >= 15 is 0 Å². The predicted molar refractivity (Wildman–Crippen MR) is 114 cm³/mol. The van der Waals surface area contributed by atoms with Crippen molar-refractivity contribution < 1.29 is 4.79 Å².